The molecule has 1 aliphatic rings. The molecule has 1 N–H and O–H groups in total. The fraction of sp³-hybridized carbons (Fsp3) is 0.263. The Morgan fingerprint density at radius 3 is 2.92 bits per heavy atom. The van der Waals surface area contributed by atoms with E-state index in [-0.39, 0.29) is 11.7 Å². The summed E-state index contributed by atoms with van der Waals surface area (Å²) in [6.07, 6.45) is 1.75. The van der Waals surface area contributed by atoms with Gasteiger partial charge in [0.2, 0.25) is 0 Å². The van der Waals surface area contributed by atoms with Crippen LogP contribution in [0.1, 0.15) is 15.2 Å². The van der Waals surface area contributed by atoms with E-state index in [4.69, 9.17) is 4.74 Å². The van der Waals surface area contributed by atoms with Crippen molar-refractivity contribution in [2.45, 2.75) is 6.54 Å². The zero-order valence-corrected chi connectivity index (χ0v) is 14.9. The molecule has 5 nitrogen and oxygen atoms in total. The number of thiophene rings is 1. The summed E-state index contributed by atoms with van der Waals surface area (Å²) >= 11 is 1.29. The summed E-state index contributed by atoms with van der Waals surface area (Å²) in [5.41, 5.74) is 0.954. The van der Waals surface area contributed by atoms with Gasteiger partial charge in [0.15, 0.2) is 0 Å². The molecule has 3 aromatic rings. The van der Waals surface area contributed by atoms with Crippen molar-refractivity contribution >= 4 is 33.1 Å². The molecule has 7 heteroatoms. The number of nitrogens with one attached hydrogen (secondary N) is 1. The fourth-order valence-corrected chi connectivity index (χ4v) is 4.02. The molecule has 0 unspecified atom stereocenters. The second-order valence-electron chi connectivity index (χ2n) is 6.03. The first-order valence-electron chi connectivity index (χ1n) is 8.45. The normalized spacial score (nSPS) is 14.6. The minimum absolute atomic E-state index is 0.206. The van der Waals surface area contributed by atoms with E-state index in [0.717, 1.165) is 29.2 Å². The van der Waals surface area contributed by atoms with Gasteiger partial charge in [-0.1, -0.05) is 12.1 Å². The number of ether oxygens (including phenoxy) is 1. The highest BCUT2D eigenvalue weighted by atomic mass is 32.1. The van der Waals surface area contributed by atoms with Crippen LogP contribution in [0.5, 0.6) is 0 Å². The van der Waals surface area contributed by atoms with Crippen molar-refractivity contribution in [3.8, 4) is 0 Å². The molecule has 26 heavy (non-hydrogen) atoms. The molecule has 0 bridgehead atoms. The van der Waals surface area contributed by atoms with Gasteiger partial charge in [-0.25, -0.2) is 9.37 Å². The number of fused-ring (bicyclic) bond motifs is 1. The smallest absolute Gasteiger partial charge is 0.261 e. The molecule has 0 spiro atoms. The van der Waals surface area contributed by atoms with Gasteiger partial charge in [0.25, 0.3) is 5.91 Å². The Hall–Kier alpha value is -2.51. The van der Waals surface area contributed by atoms with E-state index in [0.29, 0.717) is 30.0 Å². The molecule has 0 aliphatic carbocycles. The van der Waals surface area contributed by atoms with Crippen LogP contribution in [0.4, 0.5) is 10.2 Å². The number of pyridine rings is 1. The average Bonchev–Trinajstić information content (AvgIpc) is 3.13. The quantitative estimate of drug-likeness (QED) is 0.765. The Balaban J connectivity index is 1.50. The van der Waals surface area contributed by atoms with Crippen LogP contribution in [0.3, 0.4) is 0 Å². The number of amides is 1. The van der Waals surface area contributed by atoms with Crippen molar-refractivity contribution in [3.05, 3.63) is 58.9 Å². The van der Waals surface area contributed by atoms with Gasteiger partial charge < -0.3 is 15.0 Å². The van der Waals surface area contributed by atoms with Gasteiger partial charge >= 0.3 is 0 Å². The van der Waals surface area contributed by atoms with Crippen LogP contribution >= 0.6 is 11.3 Å². The maximum Gasteiger partial charge on any atom is 0.261 e. The second kappa shape index (κ2) is 7.39. The number of rotatable bonds is 4. The number of aromatic nitrogens is 1. The van der Waals surface area contributed by atoms with Crippen LogP contribution in [0, 0.1) is 5.82 Å². The van der Waals surface area contributed by atoms with Crippen LogP contribution in [-0.4, -0.2) is 37.2 Å². The van der Waals surface area contributed by atoms with Crippen molar-refractivity contribution in [2.24, 2.45) is 0 Å². The van der Waals surface area contributed by atoms with Crippen LogP contribution < -0.4 is 10.2 Å². The van der Waals surface area contributed by atoms with E-state index in [2.05, 4.69) is 15.2 Å². The molecule has 2 aromatic heterocycles. The van der Waals surface area contributed by atoms with Crippen molar-refractivity contribution in [2.75, 3.05) is 31.2 Å². The van der Waals surface area contributed by atoms with Gasteiger partial charge in [0.1, 0.15) is 11.6 Å². The summed E-state index contributed by atoms with van der Waals surface area (Å²) < 4.78 is 20.0. The van der Waals surface area contributed by atoms with Crippen molar-refractivity contribution in [3.63, 3.8) is 0 Å². The minimum atomic E-state index is -0.306. The molecule has 1 aliphatic heterocycles. The van der Waals surface area contributed by atoms with Gasteiger partial charge in [-0.3, -0.25) is 4.79 Å². The summed E-state index contributed by atoms with van der Waals surface area (Å²) in [7, 11) is 0. The Morgan fingerprint density at radius 1 is 1.27 bits per heavy atom. The third kappa shape index (κ3) is 3.40. The standard InChI is InChI=1S/C19H18FN3O2S/c20-15-4-1-5-16-14(15)11-17(26-16)19(24)22-12-13-3-2-6-21-18(13)23-7-9-25-10-8-23/h1-6,11H,7-10,12H2,(H,22,24). The first kappa shape index (κ1) is 16.9. The van der Waals surface area contributed by atoms with E-state index in [1.54, 1.807) is 18.3 Å². The molecular formula is C19H18FN3O2S. The molecule has 0 atom stereocenters. The van der Waals surface area contributed by atoms with E-state index >= 15 is 0 Å². The summed E-state index contributed by atoms with van der Waals surface area (Å²) in [5, 5.41) is 3.41. The Kier molecular flexibility index (Phi) is 4.81. The molecule has 0 radical (unpaired) electrons. The molecule has 0 saturated carbocycles. The minimum Gasteiger partial charge on any atom is -0.378 e. The number of hydrogen-bond acceptors (Lipinski definition) is 5. The first-order valence-corrected chi connectivity index (χ1v) is 9.27. The molecule has 1 aromatic carbocycles. The maximum atomic E-state index is 13.8. The van der Waals surface area contributed by atoms with Crippen molar-refractivity contribution < 1.29 is 13.9 Å². The fourth-order valence-electron chi connectivity index (χ4n) is 3.03. The Bertz CT molecular complexity index is 937. The first-order chi connectivity index (χ1) is 12.7. The molecule has 1 fully saturated rings. The summed E-state index contributed by atoms with van der Waals surface area (Å²) in [6.45, 7) is 3.29. The monoisotopic (exact) mass is 371 g/mol. The number of benzene rings is 1. The SMILES string of the molecule is O=C(NCc1cccnc1N1CCOCC1)c1cc2c(F)cccc2s1. The van der Waals surface area contributed by atoms with Crippen molar-refractivity contribution in [1.29, 1.82) is 0 Å². The lowest BCUT2D eigenvalue weighted by Crippen LogP contribution is -2.37. The zero-order chi connectivity index (χ0) is 17.9. The number of carbonyl (C=O) groups excluding carboxylic acids is 1. The van der Waals surface area contributed by atoms with Crippen LogP contribution in [0.15, 0.2) is 42.6 Å². The molecule has 3 heterocycles. The number of anilines is 1. The Morgan fingerprint density at radius 2 is 2.12 bits per heavy atom. The summed E-state index contributed by atoms with van der Waals surface area (Å²) in [5.74, 6) is 0.362. The highest BCUT2D eigenvalue weighted by molar-refractivity contribution is 7.20. The van der Waals surface area contributed by atoms with Gasteiger partial charge in [0, 0.05) is 41.5 Å². The average molecular weight is 371 g/mol. The van der Waals surface area contributed by atoms with E-state index in [1.807, 2.05) is 18.2 Å². The lowest BCUT2D eigenvalue weighted by Gasteiger charge is -2.29. The van der Waals surface area contributed by atoms with E-state index < -0.39 is 0 Å². The maximum absolute atomic E-state index is 13.8. The highest BCUT2D eigenvalue weighted by Gasteiger charge is 2.17. The van der Waals surface area contributed by atoms with Gasteiger partial charge in [-0.15, -0.1) is 11.3 Å². The second-order valence-corrected chi connectivity index (χ2v) is 7.11. The number of hydrogen-bond donors (Lipinski definition) is 1. The molecular weight excluding hydrogens is 353 g/mol. The lowest BCUT2D eigenvalue weighted by molar-refractivity contribution is 0.0954. The predicted molar refractivity (Wildman–Crippen MR) is 100 cm³/mol. The number of nitrogens with zero attached hydrogens (tertiary/aromatic N) is 2. The van der Waals surface area contributed by atoms with E-state index in [1.165, 1.54) is 17.4 Å². The predicted octanol–water partition coefficient (Wildman–Crippen LogP) is 3.20. The van der Waals surface area contributed by atoms with Crippen molar-refractivity contribution in [1.82, 2.24) is 10.3 Å². The highest BCUT2D eigenvalue weighted by Crippen LogP contribution is 2.27. The molecule has 134 valence electrons. The summed E-state index contributed by atoms with van der Waals surface area (Å²) in [4.78, 5) is 19.6. The molecule has 1 saturated heterocycles. The molecule has 4 rings (SSSR count). The van der Waals surface area contributed by atoms with Crippen LogP contribution in [0.2, 0.25) is 0 Å². The Labute approximate surface area is 154 Å². The number of carbonyl (C=O) groups is 1. The third-order valence-corrected chi connectivity index (χ3v) is 5.45. The summed E-state index contributed by atoms with van der Waals surface area (Å²) in [6, 6.07) is 10.3. The van der Waals surface area contributed by atoms with Crippen LogP contribution in [0.25, 0.3) is 10.1 Å². The lowest BCUT2D eigenvalue weighted by atomic mass is 10.2. The third-order valence-electron chi connectivity index (χ3n) is 4.35. The number of halogens is 1. The zero-order valence-electron chi connectivity index (χ0n) is 14.1. The van der Waals surface area contributed by atoms with Gasteiger partial charge in [0.05, 0.1) is 18.1 Å². The van der Waals surface area contributed by atoms with Crippen LogP contribution in [-0.2, 0) is 11.3 Å². The molecule has 1 amide bonds. The van der Waals surface area contributed by atoms with Gasteiger partial charge in [-0.2, -0.15) is 0 Å². The number of morpholine rings is 1. The largest absolute Gasteiger partial charge is 0.378 e. The topological polar surface area (TPSA) is 54.5 Å². The van der Waals surface area contributed by atoms with E-state index in [9.17, 15) is 9.18 Å². The van der Waals surface area contributed by atoms with Gasteiger partial charge in [-0.05, 0) is 24.3 Å².